The van der Waals surface area contributed by atoms with Crippen molar-refractivity contribution in [3.8, 4) is 0 Å². The number of carbonyl (C=O) groups is 2. The van der Waals surface area contributed by atoms with Gasteiger partial charge < -0.3 is 10.2 Å². The van der Waals surface area contributed by atoms with Crippen molar-refractivity contribution in [3.05, 3.63) is 24.3 Å². The summed E-state index contributed by atoms with van der Waals surface area (Å²) in [7, 11) is -3.24. The Hall–Kier alpha value is -1.89. The molecule has 7 heteroatoms. The zero-order valence-corrected chi connectivity index (χ0v) is 15.1. The van der Waals surface area contributed by atoms with E-state index >= 15 is 0 Å². The molecule has 1 aliphatic rings. The molecule has 0 aliphatic carbocycles. The van der Waals surface area contributed by atoms with Gasteiger partial charge in [0.2, 0.25) is 11.8 Å². The molecule has 0 bridgehead atoms. The summed E-state index contributed by atoms with van der Waals surface area (Å²) in [6, 6.07) is 6.14. The average Bonchev–Trinajstić information content (AvgIpc) is 2.54. The number of piperidine rings is 1. The zero-order valence-electron chi connectivity index (χ0n) is 14.3. The molecule has 0 radical (unpaired) electrons. The highest BCUT2D eigenvalue weighted by molar-refractivity contribution is 7.90. The van der Waals surface area contributed by atoms with Crippen LogP contribution < -0.4 is 5.32 Å². The molecule has 0 aromatic heterocycles. The monoisotopic (exact) mass is 352 g/mol. The van der Waals surface area contributed by atoms with Crippen LogP contribution in [0.15, 0.2) is 29.2 Å². The molecule has 0 atom stereocenters. The Kier molecular flexibility index (Phi) is 5.64. The Morgan fingerprint density at radius 3 is 2.12 bits per heavy atom. The van der Waals surface area contributed by atoms with E-state index in [4.69, 9.17) is 0 Å². The maximum Gasteiger partial charge on any atom is 0.227 e. The summed E-state index contributed by atoms with van der Waals surface area (Å²) in [5.41, 5.74) is 0.577. The summed E-state index contributed by atoms with van der Waals surface area (Å²) in [5, 5.41) is 2.82. The first-order valence-corrected chi connectivity index (χ1v) is 9.97. The molecule has 24 heavy (non-hydrogen) atoms. The van der Waals surface area contributed by atoms with Gasteiger partial charge in [0, 0.05) is 36.9 Å². The normalized spacial score (nSPS) is 16.2. The number of benzene rings is 1. The average molecular weight is 352 g/mol. The number of amides is 2. The molecule has 2 amide bonds. The Morgan fingerprint density at radius 1 is 1.12 bits per heavy atom. The molecule has 1 N–H and O–H groups in total. The third-order valence-electron chi connectivity index (χ3n) is 4.22. The molecule has 0 spiro atoms. The number of sulfone groups is 1. The molecule has 1 fully saturated rings. The second-order valence-electron chi connectivity index (χ2n) is 6.54. The predicted molar refractivity (Wildman–Crippen MR) is 92.3 cm³/mol. The summed E-state index contributed by atoms with van der Waals surface area (Å²) in [5.74, 6) is -0.108. The fourth-order valence-corrected chi connectivity index (χ4v) is 3.39. The summed E-state index contributed by atoms with van der Waals surface area (Å²) in [6.45, 7) is 4.95. The topological polar surface area (TPSA) is 83.6 Å². The van der Waals surface area contributed by atoms with Crippen molar-refractivity contribution in [3.63, 3.8) is 0 Å². The lowest BCUT2D eigenvalue weighted by atomic mass is 9.95. The molecule has 2 rings (SSSR count). The van der Waals surface area contributed by atoms with E-state index in [2.05, 4.69) is 5.32 Å². The van der Waals surface area contributed by atoms with E-state index in [0.29, 0.717) is 31.6 Å². The molecule has 1 heterocycles. The number of nitrogens with zero attached hydrogens (tertiary/aromatic N) is 1. The van der Waals surface area contributed by atoms with Gasteiger partial charge in [-0.1, -0.05) is 13.8 Å². The van der Waals surface area contributed by atoms with Crippen LogP contribution in [0.4, 0.5) is 5.69 Å². The van der Waals surface area contributed by atoms with Crippen LogP contribution in [0.2, 0.25) is 0 Å². The third kappa shape index (κ3) is 4.56. The number of hydrogen-bond donors (Lipinski definition) is 1. The van der Waals surface area contributed by atoms with Crippen molar-refractivity contribution in [2.75, 3.05) is 24.7 Å². The second-order valence-corrected chi connectivity index (χ2v) is 8.56. The van der Waals surface area contributed by atoms with E-state index in [0.717, 1.165) is 6.26 Å². The van der Waals surface area contributed by atoms with Crippen molar-refractivity contribution in [2.24, 2.45) is 11.8 Å². The van der Waals surface area contributed by atoms with Crippen LogP contribution in [0, 0.1) is 11.8 Å². The van der Waals surface area contributed by atoms with Crippen LogP contribution in [0.25, 0.3) is 0 Å². The van der Waals surface area contributed by atoms with Gasteiger partial charge in [-0.2, -0.15) is 0 Å². The molecule has 6 nitrogen and oxygen atoms in total. The van der Waals surface area contributed by atoms with Gasteiger partial charge in [0.1, 0.15) is 0 Å². The largest absolute Gasteiger partial charge is 0.342 e. The van der Waals surface area contributed by atoms with E-state index in [9.17, 15) is 18.0 Å². The quantitative estimate of drug-likeness (QED) is 0.897. The molecular weight excluding hydrogens is 328 g/mol. The summed E-state index contributed by atoms with van der Waals surface area (Å²) >= 11 is 0. The van der Waals surface area contributed by atoms with Crippen LogP contribution in [-0.4, -0.2) is 44.5 Å². The van der Waals surface area contributed by atoms with Gasteiger partial charge in [-0.15, -0.1) is 0 Å². The van der Waals surface area contributed by atoms with Crippen LogP contribution >= 0.6 is 0 Å². The van der Waals surface area contributed by atoms with Crippen LogP contribution in [-0.2, 0) is 19.4 Å². The Labute approximate surface area is 143 Å². The molecule has 1 aliphatic heterocycles. The van der Waals surface area contributed by atoms with Crippen molar-refractivity contribution in [2.45, 2.75) is 31.6 Å². The summed E-state index contributed by atoms with van der Waals surface area (Å²) < 4.78 is 22.9. The Morgan fingerprint density at radius 2 is 1.67 bits per heavy atom. The molecule has 1 saturated heterocycles. The van der Waals surface area contributed by atoms with Gasteiger partial charge in [0.15, 0.2) is 9.84 Å². The molecule has 132 valence electrons. The Bertz CT molecular complexity index is 703. The van der Waals surface area contributed by atoms with E-state index in [1.165, 1.54) is 12.1 Å². The maximum absolute atomic E-state index is 12.3. The van der Waals surface area contributed by atoms with Crippen molar-refractivity contribution in [1.82, 2.24) is 4.90 Å². The second kappa shape index (κ2) is 7.34. The lowest BCUT2D eigenvalue weighted by Gasteiger charge is -2.32. The summed E-state index contributed by atoms with van der Waals surface area (Å²) in [4.78, 5) is 26.3. The number of likely N-dealkylation sites (tertiary alicyclic amines) is 1. The minimum absolute atomic E-state index is 0.0243. The SMILES string of the molecule is CC(C)C(=O)N1CCC(C(=O)Nc2ccc(S(C)(=O)=O)cc2)CC1. The highest BCUT2D eigenvalue weighted by Crippen LogP contribution is 2.21. The van der Waals surface area contributed by atoms with E-state index in [-0.39, 0.29) is 28.5 Å². The van der Waals surface area contributed by atoms with E-state index in [1.54, 1.807) is 12.1 Å². The minimum Gasteiger partial charge on any atom is -0.342 e. The lowest BCUT2D eigenvalue weighted by molar-refractivity contribution is -0.137. The van der Waals surface area contributed by atoms with Crippen LogP contribution in [0.5, 0.6) is 0 Å². The Balaban J connectivity index is 1.91. The highest BCUT2D eigenvalue weighted by atomic mass is 32.2. The first-order valence-electron chi connectivity index (χ1n) is 8.08. The predicted octanol–water partition coefficient (Wildman–Crippen LogP) is 1.92. The molecule has 1 aromatic rings. The van der Waals surface area contributed by atoms with Gasteiger partial charge in [0.05, 0.1) is 4.90 Å². The fourth-order valence-electron chi connectivity index (χ4n) is 2.76. The number of hydrogen-bond acceptors (Lipinski definition) is 4. The van der Waals surface area contributed by atoms with Crippen molar-refractivity contribution >= 4 is 27.3 Å². The summed E-state index contributed by atoms with van der Waals surface area (Å²) in [6.07, 6.45) is 2.43. The molecule has 1 aromatic carbocycles. The van der Waals surface area contributed by atoms with Crippen molar-refractivity contribution < 1.29 is 18.0 Å². The van der Waals surface area contributed by atoms with Crippen molar-refractivity contribution in [1.29, 1.82) is 0 Å². The smallest absolute Gasteiger partial charge is 0.227 e. The van der Waals surface area contributed by atoms with E-state index < -0.39 is 9.84 Å². The molecule has 0 saturated carbocycles. The zero-order chi connectivity index (χ0) is 17.9. The number of anilines is 1. The highest BCUT2D eigenvalue weighted by Gasteiger charge is 2.28. The first kappa shape index (κ1) is 18.4. The minimum atomic E-state index is -3.24. The van der Waals surface area contributed by atoms with Gasteiger partial charge in [-0.05, 0) is 37.1 Å². The number of nitrogens with one attached hydrogen (secondary N) is 1. The molecule has 0 unspecified atom stereocenters. The first-order chi connectivity index (χ1) is 11.2. The van der Waals surface area contributed by atoms with Gasteiger partial charge in [-0.25, -0.2) is 8.42 Å². The van der Waals surface area contributed by atoms with Gasteiger partial charge in [-0.3, -0.25) is 9.59 Å². The van der Waals surface area contributed by atoms with Gasteiger partial charge in [0.25, 0.3) is 0 Å². The van der Waals surface area contributed by atoms with Crippen LogP contribution in [0.3, 0.4) is 0 Å². The third-order valence-corrected chi connectivity index (χ3v) is 5.35. The number of rotatable bonds is 4. The van der Waals surface area contributed by atoms with E-state index in [1.807, 2.05) is 18.7 Å². The molecular formula is C17H24N2O4S. The standard InChI is InChI=1S/C17H24N2O4S/c1-12(2)17(21)19-10-8-13(9-11-19)16(20)18-14-4-6-15(7-5-14)24(3,22)23/h4-7,12-13H,8-11H2,1-3H3,(H,18,20). The van der Waals surface area contributed by atoms with Gasteiger partial charge >= 0.3 is 0 Å². The fraction of sp³-hybridized carbons (Fsp3) is 0.529. The lowest BCUT2D eigenvalue weighted by Crippen LogP contribution is -2.43. The van der Waals surface area contributed by atoms with Crippen LogP contribution in [0.1, 0.15) is 26.7 Å². The maximum atomic E-state index is 12.3. The number of carbonyl (C=O) groups excluding carboxylic acids is 2.